The molecule has 1 aliphatic heterocycles. The summed E-state index contributed by atoms with van der Waals surface area (Å²) in [7, 11) is 1.29. The van der Waals surface area contributed by atoms with Crippen molar-refractivity contribution < 1.29 is 28.2 Å². The molecule has 0 aliphatic carbocycles. The summed E-state index contributed by atoms with van der Waals surface area (Å²) in [5, 5.41) is 0. The summed E-state index contributed by atoms with van der Waals surface area (Å²) in [6.07, 6.45) is -0.0395. The molecule has 1 aliphatic rings. The van der Waals surface area contributed by atoms with E-state index in [-0.39, 0.29) is 12.4 Å². The molecule has 2 aromatic carbocycles. The van der Waals surface area contributed by atoms with Gasteiger partial charge in [0.05, 0.1) is 7.11 Å². The summed E-state index contributed by atoms with van der Waals surface area (Å²) < 4.78 is 29.9. The number of fused-ring (bicyclic) bond motifs is 1. The van der Waals surface area contributed by atoms with Gasteiger partial charge in [-0.2, -0.15) is 0 Å². The van der Waals surface area contributed by atoms with E-state index < -0.39 is 23.7 Å². The van der Waals surface area contributed by atoms with Crippen molar-refractivity contribution in [2.24, 2.45) is 0 Å². The third-order valence-electron chi connectivity index (χ3n) is 4.75. The quantitative estimate of drug-likeness (QED) is 0.692. The summed E-state index contributed by atoms with van der Waals surface area (Å²) >= 11 is 0. The molecule has 0 unspecified atom stereocenters. The number of carbonyl (C=O) groups is 2. The number of hydrogen-bond donors (Lipinski definition) is 0. The largest absolute Gasteiger partial charge is 0.489 e. The van der Waals surface area contributed by atoms with Crippen LogP contribution in [0.1, 0.15) is 43.5 Å². The predicted octanol–water partition coefficient (Wildman–Crippen LogP) is 4.41. The second-order valence-corrected chi connectivity index (χ2v) is 8.09. The Morgan fingerprint density at radius 1 is 1.17 bits per heavy atom. The number of halogens is 1. The van der Waals surface area contributed by atoms with Crippen LogP contribution in [0.25, 0.3) is 0 Å². The van der Waals surface area contributed by atoms with Crippen LogP contribution in [0.4, 0.5) is 9.18 Å². The van der Waals surface area contributed by atoms with E-state index in [4.69, 9.17) is 14.2 Å². The molecule has 0 radical (unpaired) electrons. The van der Waals surface area contributed by atoms with Gasteiger partial charge in [-0.15, -0.1) is 0 Å². The van der Waals surface area contributed by atoms with Crippen molar-refractivity contribution in [3.05, 3.63) is 65.0 Å². The normalized spacial score (nSPS) is 15.9. The molecule has 0 saturated carbocycles. The van der Waals surface area contributed by atoms with E-state index in [9.17, 15) is 14.0 Å². The van der Waals surface area contributed by atoms with Crippen molar-refractivity contribution >= 4 is 12.1 Å². The summed E-state index contributed by atoms with van der Waals surface area (Å²) in [5.41, 5.74) is 1.31. The highest BCUT2D eigenvalue weighted by molar-refractivity contribution is 5.84. The van der Waals surface area contributed by atoms with E-state index in [0.717, 1.165) is 5.56 Å². The summed E-state index contributed by atoms with van der Waals surface area (Å²) in [6, 6.07) is 10.8. The second kappa shape index (κ2) is 8.73. The molecule has 0 aromatic heterocycles. The second-order valence-electron chi connectivity index (χ2n) is 8.09. The van der Waals surface area contributed by atoms with Gasteiger partial charge in [0.2, 0.25) is 0 Å². The molecular formula is C23H26FNO5. The molecule has 6 nitrogen and oxygen atoms in total. The first-order chi connectivity index (χ1) is 14.2. The Balaban J connectivity index is 1.82. The van der Waals surface area contributed by atoms with Crippen molar-refractivity contribution in [2.45, 2.75) is 45.4 Å². The van der Waals surface area contributed by atoms with E-state index in [1.807, 2.05) is 6.07 Å². The van der Waals surface area contributed by atoms with Gasteiger partial charge in [-0.05, 0) is 56.5 Å². The van der Waals surface area contributed by atoms with Crippen LogP contribution < -0.4 is 4.74 Å². The molecule has 0 fully saturated rings. The monoisotopic (exact) mass is 415 g/mol. The Morgan fingerprint density at radius 2 is 1.90 bits per heavy atom. The first-order valence-electron chi connectivity index (χ1n) is 9.76. The highest BCUT2D eigenvalue weighted by Crippen LogP contribution is 2.34. The fraction of sp³-hybridized carbons (Fsp3) is 0.391. The minimum atomic E-state index is -0.894. The molecule has 0 N–H and O–H groups in total. The van der Waals surface area contributed by atoms with Crippen molar-refractivity contribution in [3.63, 3.8) is 0 Å². The van der Waals surface area contributed by atoms with Gasteiger partial charge in [0.25, 0.3) is 0 Å². The minimum Gasteiger partial charge on any atom is -0.489 e. The molecule has 7 heteroatoms. The fourth-order valence-electron chi connectivity index (χ4n) is 3.35. The Hall–Kier alpha value is -3.09. The minimum absolute atomic E-state index is 0.0932. The van der Waals surface area contributed by atoms with Crippen LogP contribution in [0.3, 0.4) is 0 Å². The van der Waals surface area contributed by atoms with Crippen LogP contribution in [-0.2, 0) is 27.3 Å². The van der Waals surface area contributed by atoms with Gasteiger partial charge in [0, 0.05) is 12.1 Å². The van der Waals surface area contributed by atoms with Crippen LogP contribution in [0.5, 0.6) is 5.75 Å². The van der Waals surface area contributed by atoms with Gasteiger partial charge in [-0.25, -0.2) is 14.0 Å². The van der Waals surface area contributed by atoms with Crippen LogP contribution in [-0.4, -0.2) is 36.2 Å². The molecule has 0 spiro atoms. The Kier molecular flexibility index (Phi) is 6.29. The first kappa shape index (κ1) is 21.6. The maximum absolute atomic E-state index is 13.8. The lowest BCUT2D eigenvalue weighted by Gasteiger charge is -2.36. The summed E-state index contributed by atoms with van der Waals surface area (Å²) in [6.45, 7) is 5.72. The number of rotatable bonds is 4. The zero-order valence-electron chi connectivity index (χ0n) is 17.6. The number of ether oxygens (including phenoxy) is 3. The lowest BCUT2D eigenvalue weighted by molar-refractivity contribution is -0.147. The first-order valence-corrected chi connectivity index (χ1v) is 9.76. The SMILES string of the molecule is COC(=O)[C@H]1c2ccc(OCc3ccccc3F)cc2CCN1C(=O)OC(C)(C)C. The van der Waals surface area contributed by atoms with Crippen LogP contribution in [0, 0.1) is 5.82 Å². The highest BCUT2D eigenvalue weighted by atomic mass is 19.1. The average molecular weight is 415 g/mol. The lowest BCUT2D eigenvalue weighted by Crippen LogP contribution is -2.46. The standard InChI is InChI=1S/C23H26FNO5/c1-23(2,3)30-22(27)25-12-11-15-13-17(9-10-18(15)20(25)21(26)28-4)29-14-16-7-5-6-8-19(16)24/h5-10,13,20H,11-12,14H2,1-4H3/t20-/m1/s1. The Morgan fingerprint density at radius 3 is 2.57 bits per heavy atom. The van der Waals surface area contributed by atoms with Crippen molar-refractivity contribution in [2.75, 3.05) is 13.7 Å². The van der Waals surface area contributed by atoms with Crippen molar-refractivity contribution in [1.82, 2.24) is 4.90 Å². The fourth-order valence-corrected chi connectivity index (χ4v) is 3.35. The smallest absolute Gasteiger partial charge is 0.411 e. The number of esters is 1. The average Bonchev–Trinajstić information content (AvgIpc) is 2.70. The third kappa shape index (κ3) is 4.90. The van der Waals surface area contributed by atoms with E-state index in [1.165, 1.54) is 18.1 Å². The molecule has 0 saturated heterocycles. The van der Waals surface area contributed by atoms with Crippen molar-refractivity contribution in [3.8, 4) is 5.75 Å². The Bertz CT molecular complexity index is 937. The summed E-state index contributed by atoms with van der Waals surface area (Å²) in [4.78, 5) is 26.5. The molecule has 1 amide bonds. The van der Waals surface area contributed by atoms with Gasteiger partial charge >= 0.3 is 12.1 Å². The van der Waals surface area contributed by atoms with Crippen molar-refractivity contribution in [1.29, 1.82) is 0 Å². The predicted molar refractivity (Wildman–Crippen MR) is 109 cm³/mol. The number of hydrogen-bond acceptors (Lipinski definition) is 5. The molecule has 160 valence electrons. The molecule has 1 heterocycles. The molecule has 1 atom stereocenters. The van der Waals surface area contributed by atoms with E-state index in [0.29, 0.717) is 29.8 Å². The number of benzene rings is 2. The molecule has 3 rings (SSSR count). The molecule has 0 bridgehead atoms. The van der Waals surface area contributed by atoms with E-state index in [2.05, 4.69) is 0 Å². The number of nitrogens with zero attached hydrogens (tertiary/aromatic N) is 1. The number of carbonyl (C=O) groups excluding carboxylic acids is 2. The zero-order valence-corrected chi connectivity index (χ0v) is 17.6. The third-order valence-corrected chi connectivity index (χ3v) is 4.75. The van der Waals surface area contributed by atoms with Gasteiger partial charge < -0.3 is 14.2 Å². The Labute approximate surface area is 175 Å². The van der Waals surface area contributed by atoms with Gasteiger partial charge in [0.1, 0.15) is 23.8 Å². The zero-order chi connectivity index (χ0) is 21.9. The van der Waals surface area contributed by atoms with Gasteiger partial charge in [-0.3, -0.25) is 4.90 Å². The lowest BCUT2D eigenvalue weighted by atomic mass is 9.92. The van der Waals surface area contributed by atoms with E-state index >= 15 is 0 Å². The molecule has 2 aromatic rings. The topological polar surface area (TPSA) is 65.1 Å². The molecule has 30 heavy (non-hydrogen) atoms. The molecular weight excluding hydrogens is 389 g/mol. The van der Waals surface area contributed by atoms with Crippen LogP contribution in [0.2, 0.25) is 0 Å². The maximum atomic E-state index is 13.8. The van der Waals surface area contributed by atoms with Crippen LogP contribution >= 0.6 is 0 Å². The highest BCUT2D eigenvalue weighted by Gasteiger charge is 2.39. The van der Waals surface area contributed by atoms with E-state index in [1.54, 1.807) is 51.1 Å². The number of methoxy groups -OCH3 is 1. The van der Waals surface area contributed by atoms with Crippen LogP contribution in [0.15, 0.2) is 42.5 Å². The van der Waals surface area contributed by atoms with Gasteiger partial charge in [-0.1, -0.05) is 24.3 Å². The maximum Gasteiger partial charge on any atom is 0.411 e. The summed E-state index contributed by atoms with van der Waals surface area (Å²) in [5.74, 6) is -0.303. The number of amides is 1. The van der Waals surface area contributed by atoms with Gasteiger partial charge in [0.15, 0.2) is 6.04 Å².